The standard InChI is InChI=1S/C14H23N5O2.HI/c1-4-16-14(18-11-13(20)19(2)3)17-8-9-21-12-6-5-7-15-10-12;/h5-7,10H,4,8-9,11H2,1-3H3,(H2,16,17,18);1H. The number of halogens is 1. The van der Waals surface area contributed by atoms with Crippen LogP contribution in [0.3, 0.4) is 0 Å². The molecule has 8 heteroatoms. The molecule has 1 rings (SSSR count). The van der Waals surface area contributed by atoms with Gasteiger partial charge in [-0.05, 0) is 19.1 Å². The second-order valence-corrected chi connectivity index (χ2v) is 4.45. The second kappa shape index (κ2) is 12.0. The van der Waals surface area contributed by atoms with Crippen LogP contribution in [0.15, 0.2) is 29.5 Å². The van der Waals surface area contributed by atoms with Crippen LogP contribution < -0.4 is 15.4 Å². The van der Waals surface area contributed by atoms with Crippen molar-refractivity contribution in [3.8, 4) is 5.75 Å². The Morgan fingerprint density at radius 3 is 2.77 bits per heavy atom. The summed E-state index contributed by atoms with van der Waals surface area (Å²) in [6, 6.07) is 3.67. The quantitative estimate of drug-likeness (QED) is 0.294. The molecule has 2 N–H and O–H groups in total. The van der Waals surface area contributed by atoms with E-state index in [1.807, 2.05) is 19.1 Å². The van der Waals surface area contributed by atoms with E-state index in [-0.39, 0.29) is 36.4 Å². The summed E-state index contributed by atoms with van der Waals surface area (Å²) in [5.74, 6) is 1.28. The lowest BCUT2D eigenvalue weighted by atomic mass is 10.5. The number of hydrogen-bond donors (Lipinski definition) is 2. The molecule has 0 bridgehead atoms. The largest absolute Gasteiger partial charge is 0.490 e. The van der Waals surface area contributed by atoms with Crippen molar-refractivity contribution >= 4 is 35.8 Å². The Hall–Kier alpha value is -1.58. The molecular formula is C14H24IN5O2. The molecular weight excluding hydrogens is 397 g/mol. The number of carbonyl (C=O) groups excluding carboxylic acids is 1. The number of ether oxygens (including phenoxy) is 1. The van der Waals surface area contributed by atoms with Gasteiger partial charge in [0.05, 0.1) is 12.7 Å². The molecule has 0 saturated heterocycles. The Morgan fingerprint density at radius 2 is 2.18 bits per heavy atom. The minimum atomic E-state index is -0.0428. The molecule has 1 heterocycles. The first kappa shape index (κ1) is 20.4. The number of likely N-dealkylation sites (N-methyl/N-ethyl adjacent to an activating group) is 1. The van der Waals surface area contributed by atoms with Gasteiger partial charge < -0.3 is 20.3 Å². The number of amides is 1. The zero-order valence-electron chi connectivity index (χ0n) is 13.2. The zero-order chi connectivity index (χ0) is 15.5. The van der Waals surface area contributed by atoms with Crippen LogP contribution in [0.2, 0.25) is 0 Å². The molecule has 0 saturated carbocycles. The van der Waals surface area contributed by atoms with E-state index in [1.165, 1.54) is 4.90 Å². The minimum absolute atomic E-state index is 0. The van der Waals surface area contributed by atoms with Crippen molar-refractivity contribution in [2.45, 2.75) is 6.92 Å². The third-order valence-corrected chi connectivity index (χ3v) is 2.51. The predicted molar refractivity (Wildman–Crippen MR) is 97.8 cm³/mol. The highest BCUT2D eigenvalue weighted by atomic mass is 127. The van der Waals surface area contributed by atoms with Crippen molar-refractivity contribution in [2.75, 3.05) is 40.3 Å². The van der Waals surface area contributed by atoms with E-state index in [4.69, 9.17) is 4.74 Å². The van der Waals surface area contributed by atoms with E-state index in [9.17, 15) is 4.79 Å². The normalized spacial score (nSPS) is 10.4. The number of nitrogens with one attached hydrogen (secondary N) is 2. The van der Waals surface area contributed by atoms with Gasteiger partial charge in [-0.3, -0.25) is 9.78 Å². The van der Waals surface area contributed by atoms with E-state index in [0.717, 1.165) is 12.3 Å². The number of carbonyl (C=O) groups is 1. The Labute approximate surface area is 148 Å². The number of hydrogen-bond acceptors (Lipinski definition) is 4. The van der Waals surface area contributed by atoms with Crippen LogP contribution in [0.4, 0.5) is 0 Å². The molecule has 0 aliphatic heterocycles. The van der Waals surface area contributed by atoms with Crippen molar-refractivity contribution in [3.63, 3.8) is 0 Å². The summed E-state index contributed by atoms with van der Waals surface area (Å²) < 4.78 is 5.52. The van der Waals surface area contributed by atoms with Crippen LogP contribution in [0.1, 0.15) is 6.92 Å². The van der Waals surface area contributed by atoms with Crippen LogP contribution in [0.5, 0.6) is 5.75 Å². The maximum Gasteiger partial charge on any atom is 0.243 e. The van der Waals surface area contributed by atoms with Crippen LogP contribution in [0.25, 0.3) is 0 Å². The molecule has 0 aliphatic carbocycles. The number of guanidine groups is 1. The lowest BCUT2D eigenvalue weighted by Gasteiger charge is -2.13. The van der Waals surface area contributed by atoms with Gasteiger partial charge in [0.2, 0.25) is 5.91 Å². The van der Waals surface area contributed by atoms with Crippen molar-refractivity contribution < 1.29 is 9.53 Å². The summed E-state index contributed by atoms with van der Waals surface area (Å²) in [5, 5.41) is 6.18. The first-order valence-electron chi connectivity index (χ1n) is 6.88. The second-order valence-electron chi connectivity index (χ2n) is 4.45. The molecule has 0 radical (unpaired) electrons. The molecule has 0 atom stereocenters. The van der Waals surface area contributed by atoms with Gasteiger partial charge in [-0.25, -0.2) is 4.99 Å². The van der Waals surface area contributed by atoms with E-state index in [2.05, 4.69) is 20.6 Å². The first-order valence-corrected chi connectivity index (χ1v) is 6.88. The molecule has 0 spiro atoms. The van der Waals surface area contributed by atoms with E-state index >= 15 is 0 Å². The fraction of sp³-hybridized carbons (Fsp3) is 0.500. The molecule has 124 valence electrons. The fourth-order valence-electron chi connectivity index (χ4n) is 1.40. The van der Waals surface area contributed by atoms with Gasteiger partial charge in [0.15, 0.2) is 5.96 Å². The number of aromatic nitrogens is 1. The molecule has 0 fully saturated rings. The van der Waals surface area contributed by atoms with Gasteiger partial charge in [-0.2, -0.15) is 0 Å². The fourth-order valence-corrected chi connectivity index (χ4v) is 1.40. The third kappa shape index (κ3) is 8.65. The summed E-state index contributed by atoms with van der Waals surface area (Å²) in [6.07, 6.45) is 3.36. The molecule has 1 aromatic heterocycles. The highest BCUT2D eigenvalue weighted by molar-refractivity contribution is 14.0. The van der Waals surface area contributed by atoms with Gasteiger partial charge in [0.25, 0.3) is 0 Å². The molecule has 1 aromatic rings. The molecule has 0 unspecified atom stereocenters. The van der Waals surface area contributed by atoms with Gasteiger partial charge in [0.1, 0.15) is 18.9 Å². The van der Waals surface area contributed by atoms with Crippen molar-refractivity contribution in [1.82, 2.24) is 20.5 Å². The van der Waals surface area contributed by atoms with Gasteiger partial charge in [-0.1, -0.05) is 0 Å². The van der Waals surface area contributed by atoms with Gasteiger partial charge in [-0.15, -0.1) is 24.0 Å². The summed E-state index contributed by atoms with van der Waals surface area (Å²) in [6.45, 7) is 3.88. The monoisotopic (exact) mass is 421 g/mol. The smallest absolute Gasteiger partial charge is 0.243 e. The maximum atomic E-state index is 11.5. The maximum absolute atomic E-state index is 11.5. The van der Waals surface area contributed by atoms with E-state index in [0.29, 0.717) is 19.1 Å². The third-order valence-electron chi connectivity index (χ3n) is 2.51. The Kier molecular flexibility index (Phi) is 11.2. The van der Waals surface area contributed by atoms with Crippen molar-refractivity contribution in [1.29, 1.82) is 0 Å². The van der Waals surface area contributed by atoms with Crippen LogP contribution in [0, 0.1) is 0 Å². The van der Waals surface area contributed by atoms with Crippen LogP contribution in [-0.2, 0) is 4.79 Å². The van der Waals surface area contributed by atoms with Crippen LogP contribution in [-0.4, -0.2) is 62.1 Å². The molecule has 0 aliphatic rings. The lowest BCUT2D eigenvalue weighted by molar-refractivity contribution is -0.127. The molecule has 1 amide bonds. The van der Waals surface area contributed by atoms with E-state index < -0.39 is 0 Å². The molecule has 22 heavy (non-hydrogen) atoms. The number of nitrogens with zero attached hydrogens (tertiary/aromatic N) is 3. The Morgan fingerprint density at radius 1 is 1.41 bits per heavy atom. The average Bonchev–Trinajstić information content (AvgIpc) is 2.49. The average molecular weight is 421 g/mol. The number of pyridine rings is 1. The van der Waals surface area contributed by atoms with Gasteiger partial charge >= 0.3 is 0 Å². The highest BCUT2D eigenvalue weighted by Crippen LogP contribution is 2.04. The molecule has 7 nitrogen and oxygen atoms in total. The predicted octanol–water partition coefficient (Wildman–Crippen LogP) is 0.722. The summed E-state index contributed by atoms with van der Waals surface area (Å²) >= 11 is 0. The lowest BCUT2D eigenvalue weighted by Crippen LogP contribution is -2.40. The first-order chi connectivity index (χ1) is 10.1. The Bertz CT molecular complexity index is 454. The summed E-state index contributed by atoms with van der Waals surface area (Å²) in [4.78, 5) is 21.2. The van der Waals surface area contributed by atoms with Crippen molar-refractivity contribution in [2.24, 2.45) is 4.99 Å². The summed E-state index contributed by atoms with van der Waals surface area (Å²) in [5.41, 5.74) is 0. The topological polar surface area (TPSA) is 78.9 Å². The van der Waals surface area contributed by atoms with Crippen LogP contribution >= 0.6 is 24.0 Å². The van der Waals surface area contributed by atoms with Crippen molar-refractivity contribution in [3.05, 3.63) is 24.5 Å². The summed E-state index contributed by atoms with van der Waals surface area (Å²) in [7, 11) is 3.42. The SMILES string of the molecule is CCNC(=NCC(=O)N(C)C)NCCOc1cccnc1.I. The number of aliphatic imine (C=N–C) groups is 1. The minimum Gasteiger partial charge on any atom is -0.490 e. The number of rotatable bonds is 7. The Balaban J connectivity index is 0.00000441. The zero-order valence-corrected chi connectivity index (χ0v) is 15.5. The van der Waals surface area contributed by atoms with E-state index in [1.54, 1.807) is 26.5 Å². The molecule has 0 aromatic carbocycles. The highest BCUT2D eigenvalue weighted by Gasteiger charge is 2.03. The van der Waals surface area contributed by atoms with Gasteiger partial charge in [0, 0.05) is 26.8 Å².